The molecule has 18 heavy (non-hydrogen) atoms. The average Bonchev–Trinajstić information content (AvgIpc) is 2.82. The molecule has 2 heterocycles. The lowest BCUT2D eigenvalue weighted by Gasteiger charge is -2.38. The maximum atomic E-state index is 12.6. The topological polar surface area (TPSA) is 78.5 Å². The molecular formula is C12H19N3O3. The summed E-state index contributed by atoms with van der Waals surface area (Å²) < 4.78 is 0. The lowest BCUT2D eigenvalue weighted by molar-refractivity contribution is -0.155. The molecule has 6 nitrogen and oxygen atoms in total. The highest BCUT2D eigenvalue weighted by atomic mass is 16.2. The zero-order valence-electron chi connectivity index (χ0n) is 10.8. The molecule has 0 saturated carbocycles. The van der Waals surface area contributed by atoms with E-state index in [1.165, 1.54) is 4.90 Å². The Kier molecular flexibility index (Phi) is 3.38. The van der Waals surface area contributed by atoms with Crippen molar-refractivity contribution in [3.8, 4) is 0 Å². The van der Waals surface area contributed by atoms with Gasteiger partial charge in [0.25, 0.3) is 0 Å². The number of piperazine rings is 1. The van der Waals surface area contributed by atoms with Crippen LogP contribution in [0.3, 0.4) is 0 Å². The van der Waals surface area contributed by atoms with Gasteiger partial charge in [0.15, 0.2) is 0 Å². The standard InChI is InChI=1S/C12H19N3O3/c1-3-12(4-5-13-7-12)11(18)15-6-9(16)14-10(17)8(15)2/h8,13H,3-7H2,1-2H3,(H,14,16,17). The largest absolute Gasteiger partial charge is 0.321 e. The zero-order valence-corrected chi connectivity index (χ0v) is 10.8. The van der Waals surface area contributed by atoms with Crippen LogP contribution in [-0.4, -0.2) is 48.3 Å². The number of nitrogens with zero attached hydrogens (tertiary/aromatic N) is 1. The van der Waals surface area contributed by atoms with Gasteiger partial charge in [-0.15, -0.1) is 0 Å². The Hall–Kier alpha value is -1.43. The predicted molar refractivity (Wildman–Crippen MR) is 64.5 cm³/mol. The Morgan fingerprint density at radius 3 is 2.78 bits per heavy atom. The van der Waals surface area contributed by atoms with Gasteiger partial charge < -0.3 is 10.2 Å². The van der Waals surface area contributed by atoms with Gasteiger partial charge in [-0.05, 0) is 26.3 Å². The van der Waals surface area contributed by atoms with Gasteiger partial charge in [0.1, 0.15) is 12.6 Å². The van der Waals surface area contributed by atoms with Gasteiger partial charge in [-0.1, -0.05) is 6.92 Å². The molecule has 0 spiro atoms. The van der Waals surface area contributed by atoms with Gasteiger partial charge in [0, 0.05) is 6.54 Å². The number of hydrogen-bond acceptors (Lipinski definition) is 4. The van der Waals surface area contributed by atoms with Crippen LogP contribution in [-0.2, 0) is 14.4 Å². The fourth-order valence-electron chi connectivity index (χ4n) is 2.65. The first-order chi connectivity index (χ1) is 8.50. The number of hydrogen-bond donors (Lipinski definition) is 2. The molecule has 2 fully saturated rings. The van der Waals surface area contributed by atoms with Crippen LogP contribution in [0.5, 0.6) is 0 Å². The lowest BCUT2D eigenvalue weighted by atomic mass is 9.82. The fourth-order valence-corrected chi connectivity index (χ4v) is 2.65. The molecule has 6 heteroatoms. The van der Waals surface area contributed by atoms with Crippen molar-refractivity contribution in [2.45, 2.75) is 32.7 Å². The van der Waals surface area contributed by atoms with E-state index in [9.17, 15) is 14.4 Å². The smallest absolute Gasteiger partial charge is 0.249 e. The van der Waals surface area contributed by atoms with Crippen LogP contribution >= 0.6 is 0 Å². The second-order valence-corrected chi connectivity index (χ2v) is 5.08. The van der Waals surface area contributed by atoms with Crippen LogP contribution in [0, 0.1) is 5.41 Å². The van der Waals surface area contributed by atoms with E-state index in [0.717, 1.165) is 19.4 Å². The van der Waals surface area contributed by atoms with Gasteiger partial charge in [0.05, 0.1) is 5.41 Å². The maximum absolute atomic E-state index is 12.6. The Morgan fingerprint density at radius 1 is 1.50 bits per heavy atom. The summed E-state index contributed by atoms with van der Waals surface area (Å²) >= 11 is 0. The van der Waals surface area contributed by atoms with Gasteiger partial charge in [0.2, 0.25) is 17.7 Å². The first-order valence-corrected chi connectivity index (χ1v) is 6.35. The number of carbonyl (C=O) groups excluding carboxylic acids is 3. The Bertz CT molecular complexity index is 388. The summed E-state index contributed by atoms with van der Waals surface area (Å²) in [6.45, 7) is 5.05. The molecule has 3 amide bonds. The van der Waals surface area contributed by atoms with Crippen LogP contribution in [0.15, 0.2) is 0 Å². The minimum Gasteiger partial charge on any atom is -0.321 e. The zero-order chi connectivity index (χ0) is 13.3. The van der Waals surface area contributed by atoms with Crippen molar-refractivity contribution >= 4 is 17.7 Å². The quantitative estimate of drug-likeness (QED) is 0.635. The van der Waals surface area contributed by atoms with E-state index in [-0.39, 0.29) is 12.5 Å². The molecule has 0 aromatic heterocycles. The highest BCUT2D eigenvalue weighted by Crippen LogP contribution is 2.32. The molecule has 0 aliphatic carbocycles. The van der Waals surface area contributed by atoms with Crippen molar-refractivity contribution < 1.29 is 14.4 Å². The van der Waals surface area contributed by atoms with Crippen LogP contribution < -0.4 is 10.6 Å². The van der Waals surface area contributed by atoms with Crippen molar-refractivity contribution in [3.05, 3.63) is 0 Å². The van der Waals surface area contributed by atoms with Gasteiger partial charge in [-0.2, -0.15) is 0 Å². The van der Waals surface area contributed by atoms with Crippen LogP contribution in [0.25, 0.3) is 0 Å². The number of imide groups is 1. The van der Waals surface area contributed by atoms with Gasteiger partial charge in [-0.3, -0.25) is 19.7 Å². The van der Waals surface area contributed by atoms with Crippen molar-refractivity contribution in [1.29, 1.82) is 0 Å². The molecule has 100 valence electrons. The summed E-state index contributed by atoms with van der Waals surface area (Å²) in [4.78, 5) is 37.0. The number of amides is 3. The number of rotatable bonds is 2. The van der Waals surface area contributed by atoms with Crippen LogP contribution in [0.1, 0.15) is 26.7 Å². The minimum absolute atomic E-state index is 0.0203. The summed E-state index contributed by atoms with van der Waals surface area (Å²) in [7, 11) is 0. The molecule has 0 aromatic rings. The van der Waals surface area contributed by atoms with E-state index in [0.29, 0.717) is 6.54 Å². The van der Waals surface area contributed by atoms with Crippen molar-refractivity contribution in [2.24, 2.45) is 5.41 Å². The molecule has 2 unspecified atom stereocenters. The molecule has 2 saturated heterocycles. The molecule has 2 N–H and O–H groups in total. The summed E-state index contributed by atoms with van der Waals surface area (Å²) in [5, 5.41) is 5.44. The molecule has 0 aromatic carbocycles. The first-order valence-electron chi connectivity index (χ1n) is 6.35. The summed E-state index contributed by atoms with van der Waals surface area (Å²) in [5.41, 5.74) is -0.452. The Balaban J connectivity index is 2.21. The summed E-state index contributed by atoms with van der Waals surface area (Å²) in [6, 6.07) is -0.570. The normalized spacial score (nSPS) is 32.6. The van der Waals surface area contributed by atoms with E-state index in [1.54, 1.807) is 6.92 Å². The molecule has 2 rings (SSSR count). The molecule has 2 atom stereocenters. The number of nitrogens with one attached hydrogen (secondary N) is 2. The third kappa shape index (κ3) is 2.01. The highest BCUT2D eigenvalue weighted by molar-refractivity contribution is 6.04. The molecule has 0 bridgehead atoms. The third-order valence-electron chi connectivity index (χ3n) is 4.06. The van der Waals surface area contributed by atoms with E-state index in [4.69, 9.17) is 0 Å². The fraction of sp³-hybridized carbons (Fsp3) is 0.750. The van der Waals surface area contributed by atoms with Crippen molar-refractivity contribution in [1.82, 2.24) is 15.5 Å². The molecule has 0 radical (unpaired) electrons. The lowest BCUT2D eigenvalue weighted by Crippen LogP contribution is -2.61. The van der Waals surface area contributed by atoms with E-state index in [1.807, 2.05) is 6.92 Å². The van der Waals surface area contributed by atoms with E-state index >= 15 is 0 Å². The molecular weight excluding hydrogens is 234 g/mol. The third-order valence-corrected chi connectivity index (χ3v) is 4.06. The van der Waals surface area contributed by atoms with Crippen LogP contribution in [0.2, 0.25) is 0 Å². The monoisotopic (exact) mass is 253 g/mol. The second-order valence-electron chi connectivity index (χ2n) is 5.08. The second kappa shape index (κ2) is 4.68. The SMILES string of the molecule is CCC1(C(=O)N2CC(=O)NC(=O)C2C)CCNC1. The van der Waals surface area contributed by atoms with Gasteiger partial charge >= 0.3 is 0 Å². The summed E-state index contributed by atoms with van der Waals surface area (Å²) in [6.07, 6.45) is 1.49. The number of carbonyl (C=O) groups is 3. The van der Waals surface area contributed by atoms with Gasteiger partial charge in [-0.25, -0.2) is 0 Å². The minimum atomic E-state index is -0.570. The predicted octanol–water partition coefficient (Wildman–Crippen LogP) is -0.750. The maximum Gasteiger partial charge on any atom is 0.249 e. The van der Waals surface area contributed by atoms with E-state index < -0.39 is 23.3 Å². The highest BCUT2D eigenvalue weighted by Gasteiger charge is 2.45. The Morgan fingerprint density at radius 2 is 2.22 bits per heavy atom. The summed E-state index contributed by atoms with van der Waals surface area (Å²) in [5.74, 6) is -0.869. The first kappa shape index (κ1) is 13.0. The molecule has 2 aliphatic rings. The van der Waals surface area contributed by atoms with Crippen molar-refractivity contribution in [2.75, 3.05) is 19.6 Å². The Labute approximate surface area is 106 Å². The van der Waals surface area contributed by atoms with E-state index in [2.05, 4.69) is 10.6 Å². The van der Waals surface area contributed by atoms with Crippen molar-refractivity contribution in [3.63, 3.8) is 0 Å². The average molecular weight is 253 g/mol. The van der Waals surface area contributed by atoms with Crippen LogP contribution in [0.4, 0.5) is 0 Å². The molecule has 2 aliphatic heterocycles.